The highest BCUT2D eigenvalue weighted by Crippen LogP contribution is 2.22. The van der Waals surface area contributed by atoms with Crippen molar-refractivity contribution in [1.82, 2.24) is 19.7 Å². The van der Waals surface area contributed by atoms with Gasteiger partial charge < -0.3 is 16.4 Å². The molecule has 3 rings (SSSR count). The second-order valence-corrected chi connectivity index (χ2v) is 6.05. The van der Waals surface area contributed by atoms with Crippen LogP contribution in [0.5, 0.6) is 0 Å². The predicted molar refractivity (Wildman–Crippen MR) is 100 cm³/mol. The van der Waals surface area contributed by atoms with Crippen LogP contribution in [0.1, 0.15) is 11.1 Å². The lowest BCUT2D eigenvalue weighted by atomic mass is 10.1. The van der Waals surface area contributed by atoms with E-state index in [-0.39, 0.29) is 29.6 Å². The fraction of sp³-hybridized carbons (Fsp3) is 0.118. The Morgan fingerprint density at radius 2 is 2.21 bits per heavy atom. The largest absolute Gasteiger partial charge is 0.368 e. The van der Waals surface area contributed by atoms with Crippen molar-refractivity contribution in [3.05, 3.63) is 58.8 Å². The van der Waals surface area contributed by atoms with E-state index in [1.54, 1.807) is 12.3 Å². The summed E-state index contributed by atoms with van der Waals surface area (Å²) in [5, 5.41) is 19.2. The first-order chi connectivity index (χ1) is 13.5. The molecule has 0 fully saturated rings. The number of hydrogen-bond donors (Lipinski definition) is 3. The van der Waals surface area contributed by atoms with Crippen LogP contribution in [-0.2, 0) is 17.9 Å². The molecule has 9 nitrogen and oxygen atoms in total. The third-order valence-corrected chi connectivity index (χ3v) is 3.89. The van der Waals surface area contributed by atoms with E-state index >= 15 is 0 Å². The first-order valence-electron chi connectivity index (χ1n) is 7.98. The standard InChI is InChI=1S/C17H14ClFN8O/c18-13-7-23-17(25-11-6-24-27(8-11)9-15(21)28)26-16(13)22-5-10-2-1-3-14(19)12(10)4-20/h1-3,6-8H,5,9H2,(H2,21,28)(H2,22,23,25,26). The number of nitrogens with zero attached hydrogens (tertiary/aromatic N) is 5. The first-order valence-corrected chi connectivity index (χ1v) is 8.35. The quantitative estimate of drug-likeness (QED) is 0.553. The molecule has 0 unspecified atom stereocenters. The zero-order chi connectivity index (χ0) is 20.1. The summed E-state index contributed by atoms with van der Waals surface area (Å²) in [5.74, 6) is -0.578. The monoisotopic (exact) mass is 400 g/mol. The second kappa shape index (κ2) is 8.32. The maximum atomic E-state index is 13.7. The number of primary amides is 1. The summed E-state index contributed by atoms with van der Waals surface area (Å²) < 4.78 is 15.1. The van der Waals surface area contributed by atoms with Crippen LogP contribution in [0.15, 0.2) is 36.8 Å². The number of benzene rings is 1. The zero-order valence-corrected chi connectivity index (χ0v) is 15.1. The molecular formula is C17H14ClFN8O. The van der Waals surface area contributed by atoms with Gasteiger partial charge in [0.2, 0.25) is 11.9 Å². The highest BCUT2D eigenvalue weighted by Gasteiger charge is 2.11. The lowest BCUT2D eigenvalue weighted by molar-refractivity contribution is -0.118. The number of amides is 1. The molecule has 3 aromatic rings. The smallest absolute Gasteiger partial charge is 0.239 e. The normalized spacial score (nSPS) is 10.3. The number of hydrogen-bond acceptors (Lipinski definition) is 7. The van der Waals surface area contributed by atoms with Gasteiger partial charge in [-0.2, -0.15) is 15.3 Å². The summed E-state index contributed by atoms with van der Waals surface area (Å²) in [6, 6.07) is 6.22. The molecule has 0 aliphatic carbocycles. The van der Waals surface area contributed by atoms with Gasteiger partial charge >= 0.3 is 0 Å². The molecule has 28 heavy (non-hydrogen) atoms. The number of halogens is 2. The third kappa shape index (κ3) is 4.52. The third-order valence-electron chi connectivity index (χ3n) is 3.61. The van der Waals surface area contributed by atoms with Gasteiger partial charge in [0.05, 0.1) is 23.6 Å². The van der Waals surface area contributed by atoms with E-state index < -0.39 is 11.7 Å². The molecule has 0 radical (unpaired) electrons. The minimum atomic E-state index is -0.592. The van der Waals surface area contributed by atoms with E-state index in [9.17, 15) is 9.18 Å². The number of anilines is 3. The van der Waals surface area contributed by atoms with Crippen molar-refractivity contribution in [2.45, 2.75) is 13.1 Å². The Balaban J connectivity index is 1.73. The van der Waals surface area contributed by atoms with Gasteiger partial charge in [0.1, 0.15) is 23.5 Å². The summed E-state index contributed by atoms with van der Waals surface area (Å²) in [5.41, 5.74) is 6.10. The van der Waals surface area contributed by atoms with Crippen LogP contribution in [0.25, 0.3) is 0 Å². The minimum Gasteiger partial charge on any atom is -0.368 e. The number of carbonyl (C=O) groups excluding carboxylic acids is 1. The van der Waals surface area contributed by atoms with E-state index in [1.807, 2.05) is 6.07 Å². The SMILES string of the molecule is N#Cc1c(F)cccc1CNc1nc(Nc2cnn(CC(N)=O)c2)ncc1Cl. The highest BCUT2D eigenvalue weighted by molar-refractivity contribution is 6.32. The van der Waals surface area contributed by atoms with Crippen LogP contribution in [-0.4, -0.2) is 25.7 Å². The average Bonchev–Trinajstić information content (AvgIpc) is 3.08. The molecule has 0 saturated carbocycles. The van der Waals surface area contributed by atoms with Crippen LogP contribution in [0.3, 0.4) is 0 Å². The van der Waals surface area contributed by atoms with Crippen LogP contribution >= 0.6 is 11.6 Å². The van der Waals surface area contributed by atoms with Crippen molar-refractivity contribution in [3.8, 4) is 6.07 Å². The highest BCUT2D eigenvalue weighted by atomic mass is 35.5. The molecule has 0 aliphatic rings. The van der Waals surface area contributed by atoms with Crippen LogP contribution in [0.4, 0.5) is 21.8 Å². The lowest BCUT2D eigenvalue weighted by Crippen LogP contribution is -2.18. The zero-order valence-electron chi connectivity index (χ0n) is 14.4. The Labute approximate surface area is 164 Å². The summed E-state index contributed by atoms with van der Waals surface area (Å²) in [7, 11) is 0. The van der Waals surface area contributed by atoms with E-state index in [0.29, 0.717) is 17.1 Å². The molecule has 1 amide bonds. The van der Waals surface area contributed by atoms with Crippen molar-refractivity contribution in [1.29, 1.82) is 5.26 Å². The average molecular weight is 401 g/mol. The topological polar surface area (TPSA) is 135 Å². The maximum absolute atomic E-state index is 13.7. The van der Waals surface area contributed by atoms with Crippen molar-refractivity contribution in [3.63, 3.8) is 0 Å². The lowest BCUT2D eigenvalue weighted by Gasteiger charge is -2.10. The van der Waals surface area contributed by atoms with Crippen molar-refractivity contribution in [2.24, 2.45) is 5.73 Å². The Morgan fingerprint density at radius 1 is 1.39 bits per heavy atom. The molecule has 0 aliphatic heterocycles. The van der Waals surface area contributed by atoms with Crippen molar-refractivity contribution < 1.29 is 9.18 Å². The molecule has 0 bridgehead atoms. The molecule has 4 N–H and O–H groups in total. The van der Waals surface area contributed by atoms with Gasteiger partial charge in [0.15, 0.2) is 5.82 Å². The first kappa shape index (κ1) is 19.1. The van der Waals surface area contributed by atoms with Crippen LogP contribution in [0.2, 0.25) is 5.02 Å². The molecular weight excluding hydrogens is 387 g/mol. The number of nitrogens with one attached hydrogen (secondary N) is 2. The van der Waals surface area contributed by atoms with E-state index in [1.165, 1.54) is 29.2 Å². The summed E-state index contributed by atoms with van der Waals surface area (Å²) in [6.07, 6.45) is 4.45. The van der Waals surface area contributed by atoms with Crippen molar-refractivity contribution >= 4 is 35.0 Å². The van der Waals surface area contributed by atoms with Crippen LogP contribution < -0.4 is 16.4 Å². The Bertz CT molecular complexity index is 1060. The van der Waals surface area contributed by atoms with E-state index in [2.05, 4.69) is 25.7 Å². The fourth-order valence-corrected chi connectivity index (χ4v) is 2.53. The van der Waals surface area contributed by atoms with Gasteiger partial charge in [-0.3, -0.25) is 9.48 Å². The van der Waals surface area contributed by atoms with Gasteiger partial charge in [-0.05, 0) is 11.6 Å². The number of nitriles is 1. The molecule has 11 heteroatoms. The Hall–Kier alpha value is -3.71. The Kier molecular flexibility index (Phi) is 5.67. The van der Waals surface area contributed by atoms with Crippen molar-refractivity contribution in [2.75, 3.05) is 10.6 Å². The molecule has 0 spiro atoms. The molecule has 1 aromatic carbocycles. The van der Waals surface area contributed by atoms with E-state index in [4.69, 9.17) is 22.6 Å². The fourth-order valence-electron chi connectivity index (χ4n) is 2.37. The van der Waals surface area contributed by atoms with Gasteiger partial charge in [0.25, 0.3) is 0 Å². The second-order valence-electron chi connectivity index (χ2n) is 5.65. The molecule has 0 saturated heterocycles. The molecule has 142 valence electrons. The predicted octanol–water partition coefficient (Wildman–Crippen LogP) is 2.18. The number of nitrogens with two attached hydrogens (primary N) is 1. The summed E-state index contributed by atoms with van der Waals surface area (Å²) in [4.78, 5) is 19.3. The van der Waals surface area contributed by atoms with Crippen LogP contribution in [0, 0.1) is 17.1 Å². The molecule has 2 aromatic heterocycles. The molecule has 2 heterocycles. The minimum absolute atomic E-state index is 0.0413. The Morgan fingerprint density at radius 3 is 2.96 bits per heavy atom. The summed E-state index contributed by atoms with van der Waals surface area (Å²) >= 11 is 6.11. The maximum Gasteiger partial charge on any atom is 0.239 e. The van der Waals surface area contributed by atoms with E-state index in [0.717, 1.165) is 0 Å². The number of carbonyl (C=O) groups is 1. The van der Waals surface area contributed by atoms with Gasteiger partial charge in [-0.1, -0.05) is 23.7 Å². The van der Waals surface area contributed by atoms with Gasteiger partial charge in [0, 0.05) is 12.7 Å². The summed E-state index contributed by atoms with van der Waals surface area (Å²) in [6.45, 7) is 0.0954. The molecule has 0 atom stereocenters. The number of rotatable bonds is 7. The van der Waals surface area contributed by atoms with Gasteiger partial charge in [-0.15, -0.1) is 0 Å². The number of aromatic nitrogens is 4. The van der Waals surface area contributed by atoms with Gasteiger partial charge in [-0.25, -0.2) is 9.37 Å².